The van der Waals surface area contributed by atoms with Gasteiger partial charge in [-0.05, 0) is 25.0 Å². The van der Waals surface area contributed by atoms with Crippen molar-refractivity contribution in [3.8, 4) is 0 Å². The van der Waals surface area contributed by atoms with E-state index in [1.807, 2.05) is 13.0 Å². The van der Waals surface area contributed by atoms with Crippen LogP contribution in [0.2, 0.25) is 0 Å². The van der Waals surface area contributed by atoms with Crippen LogP contribution in [-0.2, 0) is 4.79 Å². The summed E-state index contributed by atoms with van der Waals surface area (Å²) >= 11 is 0. The Bertz CT molecular complexity index is 474. The van der Waals surface area contributed by atoms with Crippen molar-refractivity contribution >= 4 is 11.8 Å². The molecule has 2 atom stereocenters. The van der Waals surface area contributed by atoms with E-state index in [0.29, 0.717) is 17.9 Å². The molecule has 116 valence electrons. The standard InChI is InChI=1S/C9H17NO2.C7H7NO/c1-6(2)5-10-7(3)4-8(11)9(10)12;8-7(9)6-4-2-1-3-5-6/h6-8,11H,4-5H2,1-3H3;1-5H,(H2,8,9). The normalized spacial score (nSPS) is 21.2. The molecule has 1 heterocycles. The summed E-state index contributed by atoms with van der Waals surface area (Å²) in [6, 6.07) is 8.96. The van der Waals surface area contributed by atoms with Gasteiger partial charge < -0.3 is 15.7 Å². The largest absolute Gasteiger partial charge is 0.383 e. The Kier molecular flexibility index (Phi) is 6.37. The molecule has 2 rings (SSSR count). The molecule has 21 heavy (non-hydrogen) atoms. The van der Waals surface area contributed by atoms with Crippen LogP contribution in [0.4, 0.5) is 0 Å². The molecule has 2 unspecified atom stereocenters. The van der Waals surface area contributed by atoms with E-state index in [1.54, 1.807) is 29.2 Å². The number of carbonyl (C=O) groups is 2. The van der Waals surface area contributed by atoms with E-state index >= 15 is 0 Å². The molecule has 0 spiro atoms. The molecule has 5 heteroatoms. The summed E-state index contributed by atoms with van der Waals surface area (Å²) in [5, 5.41) is 9.26. The third-order valence-corrected chi connectivity index (χ3v) is 3.28. The average molecular weight is 292 g/mol. The molecule has 0 bridgehead atoms. The number of nitrogens with two attached hydrogens (primary N) is 1. The first-order valence-electron chi connectivity index (χ1n) is 7.16. The number of hydrogen-bond donors (Lipinski definition) is 2. The number of benzene rings is 1. The highest BCUT2D eigenvalue weighted by Crippen LogP contribution is 2.19. The Morgan fingerprint density at radius 2 is 1.95 bits per heavy atom. The second-order valence-electron chi connectivity index (χ2n) is 5.72. The van der Waals surface area contributed by atoms with Gasteiger partial charge in [-0.2, -0.15) is 0 Å². The molecule has 0 saturated carbocycles. The van der Waals surface area contributed by atoms with Crippen LogP contribution < -0.4 is 5.73 Å². The van der Waals surface area contributed by atoms with E-state index in [1.165, 1.54) is 0 Å². The van der Waals surface area contributed by atoms with Crippen molar-refractivity contribution in [2.24, 2.45) is 11.7 Å². The van der Waals surface area contributed by atoms with Gasteiger partial charge in [-0.15, -0.1) is 0 Å². The summed E-state index contributed by atoms with van der Waals surface area (Å²) in [5.74, 6) is -0.00602. The van der Waals surface area contributed by atoms with Crippen molar-refractivity contribution in [3.05, 3.63) is 35.9 Å². The number of primary amides is 1. The third-order valence-electron chi connectivity index (χ3n) is 3.28. The lowest BCUT2D eigenvalue weighted by Gasteiger charge is -2.23. The number of nitrogens with zero attached hydrogens (tertiary/aromatic N) is 1. The number of amides is 2. The number of likely N-dealkylation sites (tertiary alicyclic amines) is 1. The molecular weight excluding hydrogens is 268 g/mol. The molecule has 1 aliphatic rings. The highest BCUT2D eigenvalue weighted by atomic mass is 16.3. The first kappa shape index (κ1) is 17.2. The minimum absolute atomic E-state index is 0.101. The second kappa shape index (κ2) is 7.78. The van der Waals surface area contributed by atoms with Gasteiger partial charge in [0.1, 0.15) is 6.10 Å². The maximum absolute atomic E-state index is 11.3. The van der Waals surface area contributed by atoms with Crippen LogP contribution in [-0.4, -0.2) is 40.5 Å². The van der Waals surface area contributed by atoms with Crippen molar-refractivity contribution in [3.63, 3.8) is 0 Å². The quantitative estimate of drug-likeness (QED) is 0.883. The number of hydrogen-bond acceptors (Lipinski definition) is 3. The fourth-order valence-electron chi connectivity index (χ4n) is 2.23. The first-order valence-corrected chi connectivity index (χ1v) is 7.16. The summed E-state index contributed by atoms with van der Waals surface area (Å²) in [5.41, 5.74) is 5.53. The van der Waals surface area contributed by atoms with Gasteiger partial charge >= 0.3 is 0 Å². The molecule has 0 radical (unpaired) electrons. The molecule has 1 saturated heterocycles. The Morgan fingerprint density at radius 3 is 2.29 bits per heavy atom. The number of aliphatic hydroxyl groups is 1. The SMILES string of the molecule is CC(C)CN1C(=O)C(O)CC1C.NC(=O)c1ccccc1. The van der Waals surface area contributed by atoms with E-state index < -0.39 is 6.10 Å². The summed E-state index contributed by atoms with van der Waals surface area (Å²) in [6.45, 7) is 6.89. The fourth-order valence-corrected chi connectivity index (χ4v) is 2.23. The molecule has 5 nitrogen and oxygen atoms in total. The van der Waals surface area contributed by atoms with E-state index in [-0.39, 0.29) is 17.9 Å². The molecule has 1 aromatic carbocycles. The van der Waals surface area contributed by atoms with Gasteiger partial charge in [-0.1, -0.05) is 32.0 Å². The Balaban J connectivity index is 0.000000219. The zero-order valence-corrected chi connectivity index (χ0v) is 12.8. The van der Waals surface area contributed by atoms with Crippen LogP contribution in [0.1, 0.15) is 37.6 Å². The minimum atomic E-state index is -0.751. The first-order chi connectivity index (χ1) is 9.82. The van der Waals surface area contributed by atoms with Crippen LogP contribution in [0, 0.1) is 5.92 Å². The lowest BCUT2D eigenvalue weighted by molar-refractivity contribution is -0.135. The van der Waals surface area contributed by atoms with E-state index in [4.69, 9.17) is 5.73 Å². The van der Waals surface area contributed by atoms with Crippen LogP contribution in [0.15, 0.2) is 30.3 Å². The van der Waals surface area contributed by atoms with Crippen LogP contribution in [0.5, 0.6) is 0 Å². The number of rotatable bonds is 3. The smallest absolute Gasteiger partial charge is 0.251 e. The molecule has 1 aromatic rings. The lowest BCUT2D eigenvalue weighted by atomic mass is 10.2. The van der Waals surface area contributed by atoms with Gasteiger partial charge in [0, 0.05) is 24.6 Å². The third kappa shape index (κ3) is 5.19. The van der Waals surface area contributed by atoms with E-state index in [2.05, 4.69) is 13.8 Å². The second-order valence-corrected chi connectivity index (χ2v) is 5.72. The molecule has 2 amide bonds. The highest BCUT2D eigenvalue weighted by Gasteiger charge is 2.35. The van der Waals surface area contributed by atoms with Gasteiger partial charge in [0.05, 0.1) is 0 Å². The van der Waals surface area contributed by atoms with Crippen molar-refractivity contribution in [1.29, 1.82) is 0 Å². The predicted octanol–water partition coefficient (Wildman–Crippen LogP) is 1.41. The number of carbonyl (C=O) groups excluding carboxylic acids is 2. The van der Waals surface area contributed by atoms with Crippen LogP contribution in [0.25, 0.3) is 0 Å². The summed E-state index contributed by atoms with van der Waals surface area (Å²) in [6.07, 6.45) is -0.162. The summed E-state index contributed by atoms with van der Waals surface area (Å²) in [7, 11) is 0. The van der Waals surface area contributed by atoms with E-state index in [9.17, 15) is 14.7 Å². The maximum atomic E-state index is 11.3. The van der Waals surface area contributed by atoms with Gasteiger partial charge in [-0.25, -0.2) is 0 Å². The average Bonchev–Trinajstić information content (AvgIpc) is 2.67. The highest BCUT2D eigenvalue weighted by molar-refractivity contribution is 5.92. The predicted molar refractivity (Wildman–Crippen MR) is 81.6 cm³/mol. The summed E-state index contributed by atoms with van der Waals surface area (Å²) in [4.78, 5) is 23.5. The molecule has 0 aliphatic carbocycles. The molecule has 1 fully saturated rings. The molecule has 0 aromatic heterocycles. The topological polar surface area (TPSA) is 83.6 Å². The minimum Gasteiger partial charge on any atom is -0.383 e. The molecule has 1 aliphatic heterocycles. The van der Waals surface area contributed by atoms with Gasteiger partial charge in [0.25, 0.3) is 5.91 Å². The Hall–Kier alpha value is -1.88. The van der Waals surface area contributed by atoms with Crippen LogP contribution >= 0.6 is 0 Å². The van der Waals surface area contributed by atoms with Crippen molar-refractivity contribution < 1.29 is 14.7 Å². The van der Waals surface area contributed by atoms with Gasteiger partial charge in [0.2, 0.25) is 5.91 Å². The van der Waals surface area contributed by atoms with Crippen molar-refractivity contribution in [2.45, 2.75) is 39.3 Å². The Labute approximate surface area is 125 Å². The van der Waals surface area contributed by atoms with Crippen molar-refractivity contribution in [2.75, 3.05) is 6.54 Å². The molecule has 3 N–H and O–H groups in total. The lowest BCUT2D eigenvalue weighted by Crippen LogP contribution is -2.36. The summed E-state index contributed by atoms with van der Waals surface area (Å²) < 4.78 is 0. The number of aliphatic hydroxyl groups excluding tert-OH is 1. The molecular formula is C16H24N2O3. The zero-order valence-electron chi connectivity index (χ0n) is 12.8. The fraction of sp³-hybridized carbons (Fsp3) is 0.500. The van der Waals surface area contributed by atoms with Gasteiger partial charge in [-0.3, -0.25) is 9.59 Å². The zero-order chi connectivity index (χ0) is 16.0. The van der Waals surface area contributed by atoms with E-state index in [0.717, 1.165) is 6.54 Å². The van der Waals surface area contributed by atoms with Crippen molar-refractivity contribution in [1.82, 2.24) is 4.90 Å². The Morgan fingerprint density at radius 1 is 1.38 bits per heavy atom. The monoisotopic (exact) mass is 292 g/mol. The maximum Gasteiger partial charge on any atom is 0.251 e. The van der Waals surface area contributed by atoms with Gasteiger partial charge in [0.15, 0.2) is 0 Å². The van der Waals surface area contributed by atoms with Crippen LogP contribution in [0.3, 0.4) is 0 Å².